The summed E-state index contributed by atoms with van der Waals surface area (Å²) in [4.78, 5) is 56.3. The Balaban J connectivity index is 1.26. The Bertz CT molecular complexity index is 1990. The van der Waals surface area contributed by atoms with Crippen molar-refractivity contribution in [3.63, 3.8) is 0 Å². The lowest BCUT2D eigenvalue weighted by Gasteiger charge is -2.31. The number of aliphatic imine (C=N–C) groups is 1. The summed E-state index contributed by atoms with van der Waals surface area (Å²) >= 11 is 0. The average Bonchev–Trinajstić information content (AvgIpc) is 3.24. The molecule has 0 fully saturated rings. The summed E-state index contributed by atoms with van der Waals surface area (Å²) in [5.41, 5.74) is 11.0. The fourth-order valence-corrected chi connectivity index (χ4v) is 5.47. The van der Waals surface area contributed by atoms with Crippen molar-refractivity contribution < 1.29 is 14.4 Å². The van der Waals surface area contributed by atoms with Crippen molar-refractivity contribution in [3.05, 3.63) is 149 Å². The fraction of sp³-hybridized carbons (Fsp3) is 0.135. The van der Waals surface area contributed by atoms with Crippen molar-refractivity contribution in [1.29, 1.82) is 0 Å². The number of aromatic nitrogens is 2. The van der Waals surface area contributed by atoms with E-state index < -0.39 is 11.9 Å². The van der Waals surface area contributed by atoms with Crippen LogP contribution in [0.15, 0.2) is 126 Å². The Morgan fingerprint density at radius 1 is 1.06 bits per heavy atom. The number of hydrogen-bond acceptors (Lipinski definition) is 7. The number of nitrogens with one attached hydrogen (secondary N) is 2. The first-order chi connectivity index (χ1) is 23.3. The number of amides is 4. The Labute approximate surface area is 278 Å². The third-order valence-electron chi connectivity index (χ3n) is 7.91. The van der Waals surface area contributed by atoms with Crippen LogP contribution in [0, 0.1) is 0 Å². The number of nitrogens with two attached hydrogens (primary N) is 1. The zero-order chi connectivity index (χ0) is 33.6. The number of carbonyl (C=O) groups is 3. The number of allylic oxidation sites excluding steroid dienone is 4. The number of fused-ring (bicyclic) bond motifs is 2. The summed E-state index contributed by atoms with van der Waals surface area (Å²) in [5, 5.41) is 5.95. The van der Waals surface area contributed by atoms with Gasteiger partial charge in [0.2, 0.25) is 11.9 Å². The normalized spacial score (nSPS) is 16.3. The number of urea groups is 1. The number of anilines is 3. The molecule has 3 heterocycles. The number of rotatable bonds is 8. The van der Waals surface area contributed by atoms with E-state index >= 15 is 0 Å². The minimum Gasteiger partial charge on any atom is -0.368 e. The molecule has 1 aromatic heterocycles. The van der Waals surface area contributed by atoms with Crippen LogP contribution in [0.2, 0.25) is 0 Å². The number of nitrogen functional groups attached to an aromatic ring is 1. The number of hydrogen-bond donors (Lipinski definition) is 3. The smallest absolute Gasteiger partial charge is 0.329 e. The molecule has 0 aliphatic carbocycles. The van der Waals surface area contributed by atoms with Gasteiger partial charge < -0.3 is 16.4 Å². The summed E-state index contributed by atoms with van der Waals surface area (Å²) in [5.74, 6) is -0.111. The predicted octanol–water partition coefficient (Wildman–Crippen LogP) is 5.24. The predicted molar refractivity (Wildman–Crippen MR) is 186 cm³/mol. The van der Waals surface area contributed by atoms with Crippen molar-refractivity contribution in [1.82, 2.24) is 20.2 Å². The van der Waals surface area contributed by atoms with Crippen molar-refractivity contribution in [2.75, 3.05) is 23.0 Å². The van der Waals surface area contributed by atoms with Crippen LogP contribution >= 0.6 is 0 Å². The minimum absolute atomic E-state index is 0.0876. The second kappa shape index (κ2) is 14.0. The van der Waals surface area contributed by atoms with Crippen LogP contribution in [0.3, 0.4) is 0 Å². The Hall–Kier alpha value is -6.36. The van der Waals surface area contributed by atoms with Crippen LogP contribution in [-0.4, -0.2) is 51.5 Å². The molecule has 0 radical (unpaired) electrons. The highest BCUT2D eigenvalue weighted by Gasteiger charge is 2.29. The highest BCUT2D eigenvalue weighted by Crippen LogP contribution is 2.28. The van der Waals surface area contributed by atoms with Gasteiger partial charge in [-0.15, -0.1) is 0 Å². The number of benzene rings is 3. The average molecular weight is 639 g/mol. The maximum Gasteiger partial charge on any atom is 0.329 e. The maximum absolute atomic E-state index is 13.6. The molecule has 3 aromatic carbocycles. The van der Waals surface area contributed by atoms with Gasteiger partial charge in [0.15, 0.2) is 0 Å². The Kier molecular flexibility index (Phi) is 9.19. The van der Waals surface area contributed by atoms with E-state index in [0.29, 0.717) is 40.5 Å². The largest absolute Gasteiger partial charge is 0.368 e. The van der Waals surface area contributed by atoms with Crippen LogP contribution in [-0.2, 0) is 17.8 Å². The molecule has 2 aliphatic heterocycles. The highest BCUT2D eigenvalue weighted by atomic mass is 16.2. The molecule has 48 heavy (non-hydrogen) atoms. The molecule has 6 rings (SSSR count). The lowest BCUT2D eigenvalue weighted by molar-refractivity contribution is -0.117. The van der Waals surface area contributed by atoms with Gasteiger partial charge in [0.1, 0.15) is 11.9 Å². The van der Waals surface area contributed by atoms with Gasteiger partial charge in [0, 0.05) is 53.8 Å². The van der Waals surface area contributed by atoms with E-state index in [0.717, 1.165) is 16.7 Å². The van der Waals surface area contributed by atoms with Gasteiger partial charge in [-0.3, -0.25) is 24.4 Å². The zero-order valence-corrected chi connectivity index (χ0v) is 26.5. The van der Waals surface area contributed by atoms with E-state index in [4.69, 9.17) is 10.7 Å². The molecule has 240 valence electrons. The number of carbonyl (C=O) groups excluding carboxylic acids is 3. The molecular weight excluding hydrogens is 604 g/mol. The molecule has 11 nitrogen and oxygen atoms in total. The first kappa shape index (κ1) is 31.6. The third kappa shape index (κ3) is 6.90. The lowest BCUT2D eigenvalue weighted by atomic mass is 9.98. The van der Waals surface area contributed by atoms with E-state index in [1.54, 1.807) is 55.9 Å². The summed E-state index contributed by atoms with van der Waals surface area (Å²) in [6, 6.07) is 23.6. The highest BCUT2D eigenvalue weighted by molar-refractivity contribution is 6.20. The van der Waals surface area contributed by atoms with Crippen LogP contribution in [0.25, 0.3) is 0 Å². The fourth-order valence-electron chi connectivity index (χ4n) is 5.47. The van der Waals surface area contributed by atoms with Gasteiger partial charge >= 0.3 is 6.03 Å². The quantitative estimate of drug-likeness (QED) is 0.225. The molecule has 0 bridgehead atoms. The van der Waals surface area contributed by atoms with Gasteiger partial charge in [-0.2, -0.15) is 4.98 Å². The van der Waals surface area contributed by atoms with Gasteiger partial charge in [0.05, 0.1) is 17.9 Å². The summed E-state index contributed by atoms with van der Waals surface area (Å²) in [6.07, 6.45) is 10.6. The minimum atomic E-state index is -0.666. The van der Waals surface area contributed by atoms with Gasteiger partial charge in [-0.05, 0) is 42.8 Å². The summed E-state index contributed by atoms with van der Waals surface area (Å²) in [6.45, 7) is 2.10. The lowest BCUT2D eigenvalue weighted by Crippen LogP contribution is -2.43. The van der Waals surface area contributed by atoms with Crippen LogP contribution < -0.4 is 21.3 Å². The van der Waals surface area contributed by atoms with Crippen LogP contribution in [0.4, 0.5) is 22.2 Å². The second-order valence-electron chi connectivity index (χ2n) is 11.3. The van der Waals surface area contributed by atoms with Crippen LogP contribution in [0.5, 0.6) is 0 Å². The van der Waals surface area contributed by atoms with Crippen molar-refractivity contribution >= 4 is 41.0 Å². The van der Waals surface area contributed by atoms with Crippen LogP contribution in [0.1, 0.15) is 39.5 Å². The zero-order valence-electron chi connectivity index (χ0n) is 26.5. The molecular formula is C37H34N8O3. The Morgan fingerprint density at radius 2 is 1.81 bits per heavy atom. The monoisotopic (exact) mass is 638 g/mol. The van der Waals surface area contributed by atoms with E-state index in [2.05, 4.69) is 20.6 Å². The van der Waals surface area contributed by atoms with E-state index in [-0.39, 0.29) is 24.4 Å². The molecule has 2 aliphatic rings. The molecule has 11 heteroatoms. The standard InChI is InChI=1S/C37H34N8O3/c1-3-4-15-28(18-19-45-23-27-22-39-36(38)43-33(27)44(2)37(45)48)40-34(46)26-16-17-29-30(21-26)42-35(47)31(20-24-11-7-5-8-12-24)41-32(29)25-13-9-6-10-14-25/h3-19,21-22,31H,20,23H2,1-2H3,(H,40,46)(H,42,47)(H2,38,39,43)/b4-3+,19-18+,28-15+/t31-/m0/s1. The van der Waals surface area contributed by atoms with Gasteiger partial charge in [-0.25, -0.2) is 9.78 Å². The topological polar surface area (TPSA) is 146 Å². The SMILES string of the molecule is C/C=C/C=C(\C=C\N1Cc2cnc(N)nc2N(C)C1=O)NC(=O)c1ccc2c(c1)NC(=O)[C@H](Cc1ccccc1)N=C2c1ccccc1. The molecule has 1 atom stereocenters. The summed E-state index contributed by atoms with van der Waals surface area (Å²) in [7, 11) is 1.61. The molecule has 0 unspecified atom stereocenters. The second-order valence-corrected chi connectivity index (χ2v) is 11.3. The molecule has 0 spiro atoms. The van der Waals surface area contributed by atoms with Crippen molar-refractivity contribution in [2.45, 2.75) is 25.9 Å². The van der Waals surface area contributed by atoms with E-state index in [1.165, 1.54) is 9.80 Å². The first-order valence-electron chi connectivity index (χ1n) is 15.4. The van der Waals surface area contributed by atoms with Gasteiger partial charge in [0.25, 0.3) is 5.91 Å². The summed E-state index contributed by atoms with van der Waals surface area (Å²) < 4.78 is 0. The number of benzodiazepines with no additional fused rings is 1. The molecule has 4 N–H and O–H groups in total. The number of nitrogens with zero attached hydrogens (tertiary/aromatic N) is 5. The van der Waals surface area contributed by atoms with E-state index in [9.17, 15) is 14.4 Å². The first-order valence-corrected chi connectivity index (χ1v) is 15.4. The molecule has 4 amide bonds. The van der Waals surface area contributed by atoms with Crippen molar-refractivity contribution in [3.8, 4) is 0 Å². The van der Waals surface area contributed by atoms with Gasteiger partial charge in [-0.1, -0.05) is 72.8 Å². The van der Waals surface area contributed by atoms with E-state index in [1.807, 2.05) is 73.7 Å². The van der Waals surface area contributed by atoms with Crippen molar-refractivity contribution in [2.24, 2.45) is 4.99 Å². The molecule has 4 aromatic rings. The molecule has 0 saturated carbocycles. The molecule has 0 saturated heterocycles. The maximum atomic E-state index is 13.6. The Morgan fingerprint density at radius 3 is 2.56 bits per heavy atom. The third-order valence-corrected chi connectivity index (χ3v) is 7.91.